The molecule has 0 saturated heterocycles. The van der Waals surface area contributed by atoms with E-state index in [0.29, 0.717) is 17.3 Å². The van der Waals surface area contributed by atoms with Gasteiger partial charge < -0.3 is 15.2 Å². The van der Waals surface area contributed by atoms with Gasteiger partial charge >= 0.3 is 5.69 Å². The number of aromatic nitrogens is 4. The van der Waals surface area contributed by atoms with Gasteiger partial charge in [-0.05, 0) is 19.1 Å². The lowest BCUT2D eigenvalue weighted by molar-refractivity contribution is -0.383. The van der Waals surface area contributed by atoms with Gasteiger partial charge in [-0.15, -0.1) is 0 Å². The van der Waals surface area contributed by atoms with Crippen LogP contribution >= 0.6 is 0 Å². The fourth-order valence-electron chi connectivity index (χ4n) is 1.85. The summed E-state index contributed by atoms with van der Waals surface area (Å²) in [6, 6.07) is 5.01. The summed E-state index contributed by atoms with van der Waals surface area (Å²) >= 11 is 0. The van der Waals surface area contributed by atoms with Crippen molar-refractivity contribution >= 4 is 28.8 Å². The molecule has 0 bridgehead atoms. The van der Waals surface area contributed by atoms with Crippen molar-refractivity contribution in [1.82, 2.24) is 20.1 Å². The van der Waals surface area contributed by atoms with Gasteiger partial charge in [-0.25, -0.2) is 9.97 Å². The molecule has 10 heteroatoms. The number of nitrogens with zero attached hydrogens (tertiary/aromatic N) is 5. The summed E-state index contributed by atoms with van der Waals surface area (Å²) in [4.78, 5) is 22.6. The van der Waals surface area contributed by atoms with E-state index in [0.717, 1.165) is 0 Å². The topological polar surface area (TPSA) is 132 Å². The Kier molecular flexibility index (Phi) is 3.78. The van der Waals surface area contributed by atoms with Gasteiger partial charge in [-0.3, -0.25) is 15.1 Å². The molecule has 0 fully saturated rings. The van der Waals surface area contributed by atoms with Crippen molar-refractivity contribution in [1.29, 1.82) is 0 Å². The van der Waals surface area contributed by atoms with E-state index >= 15 is 0 Å². The van der Waals surface area contributed by atoms with Gasteiger partial charge in [0.1, 0.15) is 12.1 Å². The number of pyridine rings is 1. The molecule has 0 unspecified atom stereocenters. The second-order valence-corrected chi connectivity index (χ2v) is 4.49. The standard InChI is InChI=1S/C13H11N7O3/c1-8-5-10(19-23-8)18-13-11(20(21)22)12(15-7-16-13)17-9-3-2-4-14-6-9/h2-7H,1H3,(H2,15,16,17,18,19). The van der Waals surface area contributed by atoms with Crippen molar-refractivity contribution in [3.63, 3.8) is 0 Å². The average Bonchev–Trinajstić information content (AvgIpc) is 2.93. The van der Waals surface area contributed by atoms with Gasteiger partial charge in [0.15, 0.2) is 5.82 Å². The number of hydrogen-bond acceptors (Lipinski definition) is 9. The Morgan fingerprint density at radius 1 is 1.26 bits per heavy atom. The number of rotatable bonds is 5. The van der Waals surface area contributed by atoms with Crippen molar-refractivity contribution < 1.29 is 9.45 Å². The van der Waals surface area contributed by atoms with Crippen LogP contribution in [0.4, 0.5) is 28.8 Å². The van der Waals surface area contributed by atoms with E-state index in [9.17, 15) is 10.1 Å². The van der Waals surface area contributed by atoms with E-state index < -0.39 is 4.92 Å². The number of aryl methyl sites for hydroxylation is 1. The Morgan fingerprint density at radius 3 is 2.65 bits per heavy atom. The summed E-state index contributed by atoms with van der Waals surface area (Å²) in [6.07, 6.45) is 4.33. The highest BCUT2D eigenvalue weighted by Crippen LogP contribution is 2.32. The second-order valence-electron chi connectivity index (χ2n) is 4.49. The second kappa shape index (κ2) is 6.05. The first-order valence-electron chi connectivity index (χ1n) is 6.50. The van der Waals surface area contributed by atoms with Crippen LogP contribution in [-0.2, 0) is 0 Å². The van der Waals surface area contributed by atoms with Gasteiger partial charge in [0, 0.05) is 12.3 Å². The molecule has 3 aromatic rings. The Morgan fingerprint density at radius 2 is 2.04 bits per heavy atom. The zero-order valence-electron chi connectivity index (χ0n) is 11.9. The predicted molar refractivity (Wildman–Crippen MR) is 80.7 cm³/mol. The largest absolute Gasteiger partial charge is 0.360 e. The average molecular weight is 313 g/mol. The first kappa shape index (κ1) is 14.4. The molecule has 10 nitrogen and oxygen atoms in total. The first-order valence-corrected chi connectivity index (χ1v) is 6.50. The van der Waals surface area contributed by atoms with Crippen LogP contribution in [0.2, 0.25) is 0 Å². The number of anilines is 4. The molecule has 0 aromatic carbocycles. The lowest BCUT2D eigenvalue weighted by Crippen LogP contribution is -2.05. The van der Waals surface area contributed by atoms with Gasteiger partial charge in [0.25, 0.3) is 0 Å². The van der Waals surface area contributed by atoms with E-state index in [4.69, 9.17) is 4.52 Å². The Hall–Kier alpha value is -3.56. The maximum absolute atomic E-state index is 11.4. The predicted octanol–water partition coefficient (Wildman–Crippen LogP) is 2.56. The van der Waals surface area contributed by atoms with Crippen LogP contribution in [0.15, 0.2) is 41.4 Å². The molecule has 0 aliphatic carbocycles. The molecule has 2 N–H and O–H groups in total. The molecule has 0 aliphatic rings. The molecule has 23 heavy (non-hydrogen) atoms. The Bertz CT molecular complexity index is 835. The highest BCUT2D eigenvalue weighted by molar-refractivity contribution is 5.75. The third-order valence-corrected chi connectivity index (χ3v) is 2.80. The molecular weight excluding hydrogens is 302 g/mol. The van der Waals surface area contributed by atoms with Crippen LogP contribution in [0.25, 0.3) is 0 Å². The maximum atomic E-state index is 11.4. The molecule has 0 radical (unpaired) electrons. The molecule has 3 aromatic heterocycles. The Balaban J connectivity index is 1.97. The fourth-order valence-corrected chi connectivity index (χ4v) is 1.85. The number of hydrogen-bond donors (Lipinski definition) is 2. The van der Waals surface area contributed by atoms with Crippen molar-refractivity contribution in [3.05, 3.63) is 52.8 Å². The first-order chi connectivity index (χ1) is 11.1. The van der Waals surface area contributed by atoms with E-state index in [2.05, 4.69) is 30.7 Å². The Labute approximate surface area is 129 Å². The molecule has 3 rings (SSSR count). The summed E-state index contributed by atoms with van der Waals surface area (Å²) in [5, 5.41) is 20.7. The number of nitrogens with one attached hydrogen (secondary N) is 2. The monoisotopic (exact) mass is 313 g/mol. The molecule has 0 atom stereocenters. The SMILES string of the molecule is Cc1cc(Nc2ncnc(Nc3cccnc3)c2[N+](=O)[O-])no1. The van der Waals surface area contributed by atoms with Crippen LogP contribution in [0.5, 0.6) is 0 Å². The van der Waals surface area contributed by atoms with Crippen molar-refractivity contribution in [2.24, 2.45) is 0 Å². The summed E-state index contributed by atoms with van der Waals surface area (Å²) in [6.45, 7) is 1.71. The molecule has 0 spiro atoms. The van der Waals surface area contributed by atoms with Crippen molar-refractivity contribution in [3.8, 4) is 0 Å². The lowest BCUT2D eigenvalue weighted by Gasteiger charge is -2.08. The number of nitro groups is 1. The van der Waals surface area contributed by atoms with Crippen LogP contribution in [0.1, 0.15) is 5.76 Å². The quantitative estimate of drug-likeness (QED) is 0.538. The normalized spacial score (nSPS) is 10.3. The molecule has 116 valence electrons. The van der Waals surface area contributed by atoms with Gasteiger partial charge in [-0.2, -0.15) is 0 Å². The van der Waals surface area contributed by atoms with Crippen LogP contribution < -0.4 is 10.6 Å². The maximum Gasteiger partial charge on any atom is 0.353 e. The van der Waals surface area contributed by atoms with E-state index in [-0.39, 0.29) is 17.3 Å². The van der Waals surface area contributed by atoms with Crippen LogP contribution in [0, 0.1) is 17.0 Å². The smallest absolute Gasteiger partial charge is 0.353 e. The molecule has 0 saturated carbocycles. The van der Waals surface area contributed by atoms with Crippen molar-refractivity contribution in [2.75, 3.05) is 10.6 Å². The highest BCUT2D eigenvalue weighted by atomic mass is 16.6. The molecular formula is C13H11N7O3. The van der Waals surface area contributed by atoms with E-state index in [1.807, 2.05) is 0 Å². The third-order valence-electron chi connectivity index (χ3n) is 2.80. The summed E-state index contributed by atoms with van der Waals surface area (Å²) in [5.41, 5.74) is 0.259. The molecule has 0 amide bonds. The van der Waals surface area contributed by atoms with Gasteiger partial charge in [-0.1, -0.05) is 5.16 Å². The fraction of sp³-hybridized carbons (Fsp3) is 0.0769. The van der Waals surface area contributed by atoms with Gasteiger partial charge in [0.05, 0.1) is 16.8 Å². The van der Waals surface area contributed by atoms with Crippen molar-refractivity contribution in [2.45, 2.75) is 6.92 Å². The third kappa shape index (κ3) is 3.20. The highest BCUT2D eigenvalue weighted by Gasteiger charge is 2.24. The minimum atomic E-state index is -0.575. The lowest BCUT2D eigenvalue weighted by atomic mass is 10.3. The van der Waals surface area contributed by atoms with Crippen LogP contribution in [0.3, 0.4) is 0 Å². The van der Waals surface area contributed by atoms with E-state index in [1.165, 1.54) is 12.5 Å². The summed E-state index contributed by atoms with van der Waals surface area (Å²) < 4.78 is 4.91. The van der Waals surface area contributed by atoms with E-state index in [1.54, 1.807) is 31.3 Å². The summed E-state index contributed by atoms with van der Waals surface area (Å²) in [7, 11) is 0. The zero-order chi connectivity index (χ0) is 16.2. The zero-order valence-corrected chi connectivity index (χ0v) is 11.9. The van der Waals surface area contributed by atoms with Crippen LogP contribution in [-0.4, -0.2) is 25.0 Å². The minimum absolute atomic E-state index is 0.00434. The van der Waals surface area contributed by atoms with Gasteiger partial charge in [0.2, 0.25) is 11.6 Å². The minimum Gasteiger partial charge on any atom is -0.360 e. The summed E-state index contributed by atoms with van der Waals surface area (Å²) in [5.74, 6) is 0.931. The molecule has 3 heterocycles. The molecule has 0 aliphatic heterocycles.